The standard InChI is InChI=1S/C19H21N3O3S2/c1-3-9-22-18(24)17-15(8-10-26-17)21-19(22)27-12-16(23)20-11-13-4-6-14(25-2)7-5-13/h4-8,10H,3,9,11-12H2,1-2H3,(H,20,23). The van der Waals surface area contributed by atoms with Crippen LogP contribution >= 0.6 is 23.1 Å². The lowest BCUT2D eigenvalue weighted by atomic mass is 10.2. The number of ether oxygens (including phenoxy) is 1. The number of nitrogens with one attached hydrogen (secondary N) is 1. The molecule has 8 heteroatoms. The van der Waals surface area contributed by atoms with Crippen LogP contribution in [0.5, 0.6) is 5.75 Å². The molecule has 1 aromatic carbocycles. The molecule has 0 aliphatic carbocycles. The van der Waals surface area contributed by atoms with Crippen molar-refractivity contribution < 1.29 is 9.53 Å². The van der Waals surface area contributed by atoms with Crippen LogP contribution in [-0.2, 0) is 17.9 Å². The lowest BCUT2D eigenvalue weighted by Gasteiger charge is -2.11. The Morgan fingerprint density at radius 2 is 2.07 bits per heavy atom. The van der Waals surface area contributed by atoms with Gasteiger partial charge in [0.2, 0.25) is 5.91 Å². The SMILES string of the molecule is CCCn1c(SCC(=O)NCc2ccc(OC)cc2)nc2ccsc2c1=O. The Hall–Kier alpha value is -2.32. The molecule has 0 radical (unpaired) electrons. The zero-order chi connectivity index (χ0) is 19.2. The molecule has 0 fully saturated rings. The van der Waals surface area contributed by atoms with Crippen LogP contribution in [0, 0.1) is 0 Å². The second-order valence-corrected chi connectivity index (χ2v) is 7.76. The number of hydrogen-bond donors (Lipinski definition) is 1. The maximum absolute atomic E-state index is 12.6. The van der Waals surface area contributed by atoms with Crippen LogP contribution in [0.1, 0.15) is 18.9 Å². The summed E-state index contributed by atoms with van der Waals surface area (Å²) in [4.78, 5) is 29.4. The zero-order valence-electron chi connectivity index (χ0n) is 15.2. The van der Waals surface area contributed by atoms with Gasteiger partial charge in [-0.05, 0) is 35.6 Å². The second-order valence-electron chi connectivity index (χ2n) is 5.90. The molecule has 0 bridgehead atoms. The Kier molecular flexibility index (Phi) is 6.52. The number of thioether (sulfide) groups is 1. The molecule has 3 rings (SSSR count). The highest BCUT2D eigenvalue weighted by Crippen LogP contribution is 2.21. The van der Waals surface area contributed by atoms with Gasteiger partial charge >= 0.3 is 0 Å². The van der Waals surface area contributed by atoms with Gasteiger partial charge in [0, 0.05) is 13.1 Å². The lowest BCUT2D eigenvalue weighted by Crippen LogP contribution is -2.26. The van der Waals surface area contributed by atoms with Crippen LogP contribution < -0.4 is 15.6 Å². The molecule has 2 aromatic heterocycles. The van der Waals surface area contributed by atoms with Gasteiger partial charge in [-0.15, -0.1) is 11.3 Å². The second kappa shape index (κ2) is 9.05. The highest BCUT2D eigenvalue weighted by Gasteiger charge is 2.13. The van der Waals surface area contributed by atoms with Gasteiger partial charge in [0.05, 0.1) is 18.4 Å². The van der Waals surface area contributed by atoms with Gasteiger partial charge in [0.25, 0.3) is 5.56 Å². The molecule has 0 atom stereocenters. The minimum Gasteiger partial charge on any atom is -0.497 e. The summed E-state index contributed by atoms with van der Waals surface area (Å²) in [5.41, 5.74) is 1.66. The third-order valence-corrected chi connectivity index (χ3v) is 5.83. The van der Waals surface area contributed by atoms with Crippen molar-refractivity contribution in [2.24, 2.45) is 0 Å². The topological polar surface area (TPSA) is 73.2 Å². The Morgan fingerprint density at radius 3 is 2.78 bits per heavy atom. The summed E-state index contributed by atoms with van der Waals surface area (Å²) >= 11 is 2.70. The molecule has 6 nitrogen and oxygen atoms in total. The van der Waals surface area contributed by atoms with Gasteiger partial charge in [0.1, 0.15) is 10.4 Å². The Labute approximate surface area is 165 Å². The van der Waals surface area contributed by atoms with Gasteiger partial charge < -0.3 is 10.1 Å². The monoisotopic (exact) mass is 403 g/mol. The predicted molar refractivity (Wildman–Crippen MR) is 110 cm³/mol. The summed E-state index contributed by atoms with van der Waals surface area (Å²) in [7, 11) is 1.62. The van der Waals surface area contributed by atoms with Crippen LogP contribution in [0.25, 0.3) is 10.2 Å². The maximum atomic E-state index is 12.6. The van der Waals surface area contributed by atoms with E-state index in [9.17, 15) is 9.59 Å². The third kappa shape index (κ3) is 4.70. The van der Waals surface area contributed by atoms with E-state index in [1.807, 2.05) is 42.6 Å². The van der Waals surface area contributed by atoms with E-state index in [1.54, 1.807) is 11.7 Å². The van der Waals surface area contributed by atoms with E-state index in [1.165, 1.54) is 23.1 Å². The highest BCUT2D eigenvalue weighted by molar-refractivity contribution is 7.99. The minimum atomic E-state index is -0.0986. The van der Waals surface area contributed by atoms with Crippen LogP contribution in [-0.4, -0.2) is 28.3 Å². The fourth-order valence-electron chi connectivity index (χ4n) is 2.58. The summed E-state index contributed by atoms with van der Waals surface area (Å²) in [6, 6.07) is 9.39. The summed E-state index contributed by atoms with van der Waals surface area (Å²) in [5.74, 6) is 0.894. The molecule has 0 aliphatic heterocycles. The van der Waals surface area contributed by atoms with E-state index in [0.717, 1.165) is 17.7 Å². The quantitative estimate of drug-likeness (QED) is 0.462. The van der Waals surface area contributed by atoms with E-state index in [4.69, 9.17) is 4.74 Å². The van der Waals surface area contributed by atoms with Crippen LogP contribution in [0.4, 0.5) is 0 Å². The van der Waals surface area contributed by atoms with Crippen LogP contribution in [0.3, 0.4) is 0 Å². The van der Waals surface area contributed by atoms with Gasteiger partial charge in [-0.25, -0.2) is 4.98 Å². The van der Waals surface area contributed by atoms with Gasteiger partial charge in [-0.2, -0.15) is 0 Å². The van der Waals surface area contributed by atoms with Crippen LogP contribution in [0.15, 0.2) is 45.7 Å². The maximum Gasteiger partial charge on any atom is 0.272 e. The van der Waals surface area contributed by atoms with Crippen molar-refractivity contribution in [3.63, 3.8) is 0 Å². The van der Waals surface area contributed by atoms with E-state index in [2.05, 4.69) is 10.3 Å². The first-order chi connectivity index (χ1) is 13.1. The molecule has 0 unspecified atom stereocenters. The number of thiophene rings is 1. The molecule has 27 heavy (non-hydrogen) atoms. The number of hydrogen-bond acceptors (Lipinski definition) is 6. The number of benzene rings is 1. The largest absolute Gasteiger partial charge is 0.497 e. The molecule has 0 spiro atoms. The number of aromatic nitrogens is 2. The fraction of sp³-hybridized carbons (Fsp3) is 0.316. The summed E-state index contributed by atoms with van der Waals surface area (Å²) in [6.07, 6.45) is 0.829. The summed E-state index contributed by atoms with van der Waals surface area (Å²) in [6.45, 7) is 3.05. The Morgan fingerprint density at radius 1 is 1.30 bits per heavy atom. The molecule has 0 aliphatic rings. The average molecular weight is 404 g/mol. The van der Waals surface area contributed by atoms with Crippen molar-refractivity contribution in [3.8, 4) is 5.75 Å². The first-order valence-corrected chi connectivity index (χ1v) is 10.5. The fourth-order valence-corrected chi connectivity index (χ4v) is 4.21. The van der Waals surface area contributed by atoms with Crippen molar-refractivity contribution in [1.82, 2.24) is 14.9 Å². The van der Waals surface area contributed by atoms with Gasteiger partial charge in [-0.1, -0.05) is 30.8 Å². The number of carbonyl (C=O) groups excluding carboxylic acids is 1. The van der Waals surface area contributed by atoms with E-state index >= 15 is 0 Å². The number of amides is 1. The third-order valence-electron chi connectivity index (χ3n) is 3.96. The van der Waals surface area contributed by atoms with E-state index in [0.29, 0.717) is 28.5 Å². The number of fused-ring (bicyclic) bond motifs is 1. The normalized spacial score (nSPS) is 10.9. The van der Waals surface area contributed by atoms with Crippen molar-refractivity contribution in [2.45, 2.75) is 31.6 Å². The molecular weight excluding hydrogens is 382 g/mol. The molecule has 0 saturated heterocycles. The Balaban J connectivity index is 1.64. The average Bonchev–Trinajstić information content (AvgIpc) is 3.16. The number of rotatable bonds is 8. The lowest BCUT2D eigenvalue weighted by molar-refractivity contribution is -0.118. The number of carbonyl (C=O) groups is 1. The molecule has 142 valence electrons. The minimum absolute atomic E-state index is 0.0296. The predicted octanol–water partition coefficient (Wildman–Crippen LogP) is 3.29. The smallest absolute Gasteiger partial charge is 0.272 e. The molecular formula is C19H21N3O3S2. The molecule has 0 saturated carbocycles. The van der Waals surface area contributed by atoms with Crippen molar-refractivity contribution >= 4 is 39.2 Å². The first kappa shape index (κ1) is 19.4. The highest BCUT2D eigenvalue weighted by atomic mass is 32.2. The molecule has 3 aromatic rings. The number of nitrogens with zero attached hydrogens (tertiary/aromatic N) is 2. The van der Waals surface area contributed by atoms with Crippen LogP contribution in [0.2, 0.25) is 0 Å². The number of methoxy groups -OCH3 is 1. The van der Waals surface area contributed by atoms with E-state index < -0.39 is 0 Å². The summed E-state index contributed by atoms with van der Waals surface area (Å²) < 4.78 is 7.45. The van der Waals surface area contributed by atoms with Gasteiger partial charge in [-0.3, -0.25) is 14.2 Å². The van der Waals surface area contributed by atoms with E-state index in [-0.39, 0.29) is 17.2 Å². The van der Waals surface area contributed by atoms with Crippen molar-refractivity contribution in [3.05, 3.63) is 51.6 Å². The first-order valence-electron chi connectivity index (χ1n) is 8.63. The van der Waals surface area contributed by atoms with Crippen molar-refractivity contribution in [2.75, 3.05) is 12.9 Å². The Bertz CT molecular complexity index is 980. The summed E-state index contributed by atoms with van der Waals surface area (Å²) in [5, 5.41) is 5.35. The molecule has 1 N–H and O–H groups in total. The zero-order valence-corrected chi connectivity index (χ0v) is 16.9. The molecule has 2 heterocycles. The molecule has 1 amide bonds. The van der Waals surface area contributed by atoms with Gasteiger partial charge in [0.15, 0.2) is 5.16 Å². The van der Waals surface area contributed by atoms with Crippen molar-refractivity contribution in [1.29, 1.82) is 0 Å².